The third-order valence-corrected chi connectivity index (χ3v) is 4.24. The maximum Gasteiger partial charge on any atom is 0.267 e. The molecule has 5 heteroatoms. The number of rotatable bonds is 4. The molecule has 0 bridgehead atoms. The third-order valence-electron chi connectivity index (χ3n) is 4.24. The van der Waals surface area contributed by atoms with Crippen LogP contribution in [0.4, 0.5) is 5.69 Å². The lowest BCUT2D eigenvalue weighted by molar-refractivity contribution is -0.117. The molecule has 0 saturated heterocycles. The molecule has 0 saturated carbocycles. The van der Waals surface area contributed by atoms with Crippen LogP contribution in [0, 0.1) is 20.8 Å². The van der Waals surface area contributed by atoms with Gasteiger partial charge in [-0.1, -0.05) is 42.0 Å². The molecular formula is C21H21N3O2. The number of aryl methyl sites for hydroxylation is 3. The molecule has 1 N–H and O–H groups in total. The van der Waals surface area contributed by atoms with Gasteiger partial charge in [0.15, 0.2) is 0 Å². The van der Waals surface area contributed by atoms with Crippen LogP contribution in [0.2, 0.25) is 0 Å². The van der Waals surface area contributed by atoms with E-state index in [1.165, 1.54) is 10.7 Å². The molecule has 3 rings (SSSR count). The van der Waals surface area contributed by atoms with E-state index < -0.39 is 0 Å². The van der Waals surface area contributed by atoms with Gasteiger partial charge in [0.1, 0.15) is 6.54 Å². The van der Waals surface area contributed by atoms with Crippen molar-refractivity contribution >= 4 is 11.6 Å². The summed E-state index contributed by atoms with van der Waals surface area (Å²) in [7, 11) is 0. The fraction of sp³-hybridized carbons (Fsp3) is 0.190. The summed E-state index contributed by atoms with van der Waals surface area (Å²) < 4.78 is 1.20. The monoisotopic (exact) mass is 347 g/mol. The zero-order valence-corrected chi connectivity index (χ0v) is 15.1. The van der Waals surface area contributed by atoms with Gasteiger partial charge in [-0.05, 0) is 44.0 Å². The SMILES string of the molecule is Cc1ccc(-c2ccc(=O)n(CC(=O)Nc3ccccc3C)n2)c(C)c1. The third kappa shape index (κ3) is 3.88. The van der Waals surface area contributed by atoms with Crippen LogP contribution in [0.3, 0.4) is 0 Å². The van der Waals surface area contributed by atoms with Gasteiger partial charge in [0.2, 0.25) is 5.91 Å². The molecule has 0 spiro atoms. The van der Waals surface area contributed by atoms with Gasteiger partial charge < -0.3 is 5.32 Å². The molecule has 2 aromatic carbocycles. The Morgan fingerprint density at radius 1 is 1.00 bits per heavy atom. The molecule has 3 aromatic rings. The van der Waals surface area contributed by atoms with Crippen LogP contribution in [-0.4, -0.2) is 15.7 Å². The number of hydrogen-bond donors (Lipinski definition) is 1. The Labute approximate surface area is 152 Å². The first-order valence-electron chi connectivity index (χ1n) is 8.45. The molecule has 1 heterocycles. The fourth-order valence-electron chi connectivity index (χ4n) is 2.85. The normalized spacial score (nSPS) is 10.6. The van der Waals surface area contributed by atoms with E-state index in [4.69, 9.17) is 0 Å². The van der Waals surface area contributed by atoms with Crippen molar-refractivity contribution in [2.24, 2.45) is 0 Å². The molecule has 0 aliphatic heterocycles. The lowest BCUT2D eigenvalue weighted by Crippen LogP contribution is -2.29. The van der Waals surface area contributed by atoms with Crippen LogP contribution in [0.25, 0.3) is 11.3 Å². The second-order valence-electron chi connectivity index (χ2n) is 6.40. The van der Waals surface area contributed by atoms with Gasteiger partial charge >= 0.3 is 0 Å². The summed E-state index contributed by atoms with van der Waals surface area (Å²) >= 11 is 0. The van der Waals surface area contributed by atoms with Crippen molar-refractivity contribution in [3.63, 3.8) is 0 Å². The van der Waals surface area contributed by atoms with Crippen LogP contribution in [0.5, 0.6) is 0 Å². The molecule has 26 heavy (non-hydrogen) atoms. The van der Waals surface area contributed by atoms with E-state index in [0.717, 1.165) is 27.9 Å². The van der Waals surface area contributed by atoms with Crippen LogP contribution < -0.4 is 10.9 Å². The minimum absolute atomic E-state index is 0.133. The summed E-state index contributed by atoms with van der Waals surface area (Å²) in [4.78, 5) is 24.5. The fourth-order valence-corrected chi connectivity index (χ4v) is 2.85. The number of nitrogens with zero attached hydrogens (tertiary/aromatic N) is 2. The van der Waals surface area contributed by atoms with E-state index in [2.05, 4.69) is 16.5 Å². The summed E-state index contributed by atoms with van der Waals surface area (Å²) in [5.74, 6) is -0.285. The minimum atomic E-state index is -0.307. The second-order valence-corrected chi connectivity index (χ2v) is 6.40. The van der Waals surface area contributed by atoms with E-state index >= 15 is 0 Å². The van der Waals surface area contributed by atoms with Crippen LogP contribution in [0.15, 0.2) is 59.4 Å². The topological polar surface area (TPSA) is 64.0 Å². The molecule has 0 atom stereocenters. The number of carbonyl (C=O) groups excluding carboxylic acids is 1. The lowest BCUT2D eigenvalue weighted by atomic mass is 10.0. The van der Waals surface area contributed by atoms with Gasteiger partial charge in [-0.15, -0.1) is 0 Å². The number of benzene rings is 2. The Hall–Kier alpha value is -3.21. The quantitative estimate of drug-likeness (QED) is 0.786. The van der Waals surface area contributed by atoms with E-state index in [9.17, 15) is 9.59 Å². The summed E-state index contributed by atoms with van der Waals surface area (Å²) in [6.45, 7) is 5.82. The number of carbonyl (C=O) groups is 1. The van der Waals surface area contributed by atoms with Gasteiger partial charge in [0, 0.05) is 17.3 Å². The average molecular weight is 347 g/mol. The Kier molecular flexibility index (Phi) is 4.98. The maximum atomic E-state index is 12.3. The standard InChI is InChI=1S/C21H21N3O2/c1-14-8-9-17(16(3)12-14)19-10-11-21(26)24(23-19)13-20(25)22-18-7-5-4-6-15(18)2/h4-12H,13H2,1-3H3,(H,22,25). The molecule has 1 amide bonds. The van der Waals surface area contributed by atoms with Crippen LogP contribution >= 0.6 is 0 Å². The Morgan fingerprint density at radius 3 is 2.50 bits per heavy atom. The van der Waals surface area contributed by atoms with Crippen molar-refractivity contribution in [1.82, 2.24) is 9.78 Å². The summed E-state index contributed by atoms with van der Waals surface area (Å²) in [6.07, 6.45) is 0. The van der Waals surface area contributed by atoms with E-state index in [0.29, 0.717) is 5.69 Å². The zero-order valence-electron chi connectivity index (χ0n) is 15.1. The highest BCUT2D eigenvalue weighted by atomic mass is 16.2. The van der Waals surface area contributed by atoms with E-state index in [-0.39, 0.29) is 18.0 Å². The number of amides is 1. The zero-order chi connectivity index (χ0) is 18.7. The molecule has 1 aromatic heterocycles. The van der Waals surface area contributed by atoms with Gasteiger partial charge in [-0.2, -0.15) is 5.10 Å². The van der Waals surface area contributed by atoms with Crippen molar-refractivity contribution in [2.75, 3.05) is 5.32 Å². The van der Waals surface area contributed by atoms with Gasteiger partial charge in [0.25, 0.3) is 5.56 Å². The number of aromatic nitrogens is 2. The Morgan fingerprint density at radius 2 is 1.77 bits per heavy atom. The molecule has 0 unspecified atom stereocenters. The molecule has 0 radical (unpaired) electrons. The first-order chi connectivity index (χ1) is 12.4. The first kappa shape index (κ1) is 17.6. The highest BCUT2D eigenvalue weighted by molar-refractivity contribution is 5.91. The molecular weight excluding hydrogens is 326 g/mol. The van der Waals surface area contributed by atoms with Crippen LogP contribution in [0.1, 0.15) is 16.7 Å². The van der Waals surface area contributed by atoms with Crippen molar-refractivity contribution in [3.8, 4) is 11.3 Å². The highest BCUT2D eigenvalue weighted by Crippen LogP contribution is 2.21. The Bertz CT molecular complexity index is 1020. The molecule has 0 fully saturated rings. The Balaban J connectivity index is 1.85. The largest absolute Gasteiger partial charge is 0.324 e. The number of anilines is 1. The maximum absolute atomic E-state index is 12.3. The van der Waals surface area contributed by atoms with E-state index in [1.807, 2.05) is 57.2 Å². The molecule has 132 valence electrons. The average Bonchev–Trinajstić information content (AvgIpc) is 2.59. The van der Waals surface area contributed by atoms with Gasteiger partial charge in [-0.25, -0.2) is 4.68 Å². The van der Waals surface area contributed by atoms with Gasteiger partial charge in [-0.3, -0.25) is 9.59 Å². The number of para-hydroxylation sites is 1. The van der Waals surface area contributed by atoms with E-state index in [1.54, 1.807) is 6.07 Å². The van der Waals surface area contributed by atoms with Crippen molar-refractivity contribution in [1.29, 1.82) is 0 Å². The molecule has 5 nitrogen and oxygen atoms in total. The number of hydrogen-bond acceptors (Lipinski definition) is 3. The summed E-state index contributed by atoms with van der Waals surface area (Å²) in [5.41, 5.74) is 5.25. The molecule has 0 aliphatic carbocycles. The lowest BCUT2D eigenvalue weighted by Gasteiger charge is -2.11. The highest BCUT2D eigenvalue weighted by Gasteiger charge is 2.10. The predicted octanol–water partition coefficient (Wildman–Crippen LogP) is 3.47. The molecule has 0 aliphatic rings. The minimum Gasteiger partial charge on any atom is -0.324 e. The summed E-state index contributed by atoms with van der Waals surface area (Å²) in [6, 6.07) is 16.7. The van der Waals surface area contributed by atoms with Crippen LogP contribution in [-0.2, 0) is 11.3 Å². The number of nitrogens with one attached hydrogen (secondary N) is 1. The van der Waals surface area contributed by atoms with Gasteiger partial charge in [0.05, 0.1) is 5.69 Å². The predicted molar refractivity (Wildman–Crippen MR) is 103 cm³/mol. The van der Waals surface area contributed by atoms with Crippen molar-refractivity contribution < 1.29 is 4.79 Å². The first-order valence-corrected chi connectivity index (χ1v) is 8.45. The van der Waals surface area contributed by atoms with Crippen molar-refractivity contribution in [3.05, 3.63) is 81.6 Å². The smallest absolute Gasteiger partial charge is 0.267 e. The van der Waals surface area contributed by atoms with Crippen molar-refractivity contribution in [2.45, 2.75) is 27.3 Å². The second kappa shape index (κ2) is 7.35. The summed E-state index contributed by atoms with van der Waals surface area (Å²) in [5, 5.41) is 7.21.